The molecule has 0 atom stereocenters. The zero-order valence-electron chi connectivity index (χ0n) is 13.9. The van der Waals surface area contributed by atoms with Crippen molar-refractivity contribution in [2.24, 2.45) is 0 Å². The molecule has 2 aromatic heterocycles. The van der Waals surface area contributed by atoms with E-state index in [4.69, 9.17) is 13.9 Å². The fourth-order valence-electron chi connectivity index (χ4n) is 2.24. The van der Waals surface area contributed by atoms with E-state index < -0.39 is 0 Å². The Kier molecular flexibility index (Phi) is 5.85. The Hall–Kier alpha value is -2.60. The van der Waals surface area contributed by atoms with E-state index in [1.807, 2.05) is 47.8 Å². The van der Waals surface area contributed by atoms with Crippen LogP contribution in [0, 0.1) is 6.92 Å². The van der Waals surface area contributed by atoms with Gasteiger partial charge in [-0.15, -0.1) is 11.3 Å². The van der Waals surface area contributed by atoms with Crippen molar-refractivity contribution in [2.45, 2.75) is 19.8 Å². The number of thiophene rings is 1. The van der Waals surface area contributed by atoms with E-state index in [0.29, 0.717) is 37.0 Å². The van der Waals surface area contributed by atoms with Crippen LogP contribution in [0.3, 0.4) is 0 Å². The average molecular weight is 357 g/mol. The first-order valence-corrected chi connectivity index (χ1v) is 8.94. The molecule has 0 radical (unpaired) electrons. The van der Waals surface area contributed by atoms with Crippen LogP contribution in [0.15, 0.2) is 52.3 Å². The van der Waals surface area contributed by atoms with E-state index in [0.717, 1.165) is 10.6 Å². The van der Waals surface area contributed by atoms with Gasteiger partial charge in [0.25, 0.3) is 0 Å². The Morgan fingerprint density at radius 2 is 2.00 bits per heavy atom. The van der Waals surface area contributed by atoms with Gasteiger partial charge in [0.1, 0.15) is 11.5 Å². The Labute approximate surface area is 150 Å². The van der Waals surface area contributed by atoms with Gasteiger partial charge in [-0.25, -0.2) is 4.98 Å². The van der Waals surface area contributed by atoms with Crippen LogP contribution in [0.2, 0.25) is 0 Å². The van der Waals surface area contributed by atoms with E-state index >= 15 is 0 Å². The summed E-state index contributed by atoms with van der Waals surface area (Å²) in [7, 11) is 0. The maximum atomic E-state index is 12.0. The zero-order chi connectivity index (χ0) is 17.5. The molecule has 0 unspecified atom stereocenters. The quantitative estimate of drug-likeness (QED) is 0.445. The highest BCUT2D eigenvalue weighted by Gasteiger charge is 2.15. The van der Waals surface area contributed by atoms with E-state index in [1.165, 1.54) is 0 Å². The lowest BCUT2D eigenvalue weighted by Crippen LogP contribution is -2.12. The van der Waals surface area contributed by atoms with Crippen molar-refractivity contribution < 1.29 is 18.7 Å². The third kappa shape index (κ3) is 4.93. The molecular formula is C19H19NO4S. The number of rotatable bonds is 8. The number of hydrogen-bond donors (Lipinski definition) is 0. The number of esters is 1. The van der Waals surface area contributed by atoms with Gasteiger partial charge in [-0.2, -0.15) is 0 Å². The minimum absolute atomic E-state index is 0.111. The Morgan fingerprint density at radius 1 is 1.16 bits per heavy atom. The van der Waals surface area contributed by atoms with E-state index in [1.54, 1.807) is 18.3 Å². The minimum atomic E-state index is -0.311. The Balaban J connectivity index is 1.41. The van der Waals surface area contributed by atoms with Gasteiger partial charge in [-0.1, -0.05) is 24.3 Å². The second-order valence-electron chi connectivity index (χ2n) is 5.41. The number of aromatic nitrogens is 1. The predicted molar refractivity (Wildman–Crippen MR) is 95.8 cm³/mol. The number of oxazole rings is 1. The van der Waals surface area contributed by atoms with Crippen LogP contribution < -0.4 is 4.74 Å². The van der Waals surface area contributed by atoms with Crippen LogP contribution in [0.25, 0.3) is 10.8 Å². The second-order valence-corrected chi connectivity index (χ2v) is 6.36. The maximum absolute atomic E-state index is 12.0. The summed E-state index contributed by atoms with van der Waals surface area (Å²) in [5.41, 5.74) is 0.619. The van der Waals surface area contributed by atoms with Crippen LogP contribution in [-0.2, 0) is 16.0 Å². The fraction of sp³-hybridized carbons (Fsp3) is 0.263. The summed E-state index contributed by atoms with van der Waals surface area (Å²) in [6.07, 6.45) is 0.749. The number of aryl methyl sites for hydroxylation is 1. The lowest BCUT2D eigenvalue weighted by molar-refractivity contribution is -0.143. The van der Waals surface area contributed by atoms with Gasteiger partial charge in [0.2, 0.25) is 5.89 Å². The molecule has 0 aliphatic heterocycles. The van der Waals surface area contributed by atoms with E-state index in [9.17, 15) is 4.79 Å². The smallest absolute Gasteiger partial charge is 0.312 e. The molecule has 3 rings (SSSR count). The third-order valence-corrected chi connectivity index (χ3v) is 4.36. The maximum Gasteiger partial charge on any atom is 0.312 e. The fourth-order valence-corrected chi connectivity index (χ4v) is 2.89. The summed E-state index contributed by atoms with van der Waals surface area (Å²) in [6, 6.07) is 13.4. The van der Waals surface area contributed by atoms with Crippen molar-refractivity contribution in [1.82, 2.24) is 4.98 Å². The standard InChI is InChI=1S/C19H19NO4S/c1-14-16(20-19(24-14)17-9-5-12-25-17)13-18(21)23-11-6-10-22-15-7-3-2-4-8-15/h2-5,7-9,12H,6,10-11,13H2,1H3. The molecule has 0 saturated heterocycles. The summed E-state index contributed by atoms with van der Waals surface area (Å²) >= 11 is 1.55. The molecule has 2 heterocycles. The summed E-state index contributed by atoms with van der Waals surface area (Å²) < 4.78 is 16.4. The second kappa shape index (κ2) is 8.48. The first kappa shape index (κ1) is 17.2. The Morgan fingerprint density at radius 3 is 2.76 bits per heavy atom. The third-order valence-electron chi connectivity index (χ3n) is 3.50. The highest BCUT2D eigenvalue weighted by atomic mass is 32.1. The predicted octanol–water partition coefficient (Wildman–Crippen LogP) is 4.27. The molecule has 5 nitrogen and oxygen atoms in total. The SMILES string of the molecule is Cc1oc(-c2cccs2)nc1CC(=O)OCCCOc1ccccc1. The number of ether oxygens (including phenoxy) is 2. The summed E-state index contributed by atoms with van der Waals surface area (Å²) in [4.78, 5) is 17.3. The van der Waals surface area contributed by atoms with Gasteiger partial charge in [0, 0.05) is 6.42 Å². The molecule has 6 heteroatoms. The van der Waals surface area contributed by atoms with Crippen LogP contribution >= 0.6 is 11.3 Å². The molecule has 0 bridgehead atoms. The molecular weight excluding hydrogens is 338 g/mol. The highest BCUT2D eigenvalue weighted by Crippen LogP contribution is 2.26. The molecule has 0 aliphatic carbocycles. The van der Waals surface area contributed by atoms with Gasteiger partial charge >= 0.3 is 5.97 Å². The van der Waals surface area contributed by atoms with Gasteiger partial charge in [-0.05, 0) is 30.5 Å². The van der Waals surface area contributed by atoms with E-state index in [2.05, 4.69) is 4.98 Å². The monoisotopic (exact) mass is 357 g/mol. The molecule has 0 N–H and O–H groups in total. The molecule has 0 fully saturated rings. The largest absolute Gasteiger partial charge is 0.493 e. The minimum Gasteiger partial charge on any atom is -0.493 e. The van der Waals surface area contributed by atoms with Crippen LogP contribution in [0.5, 0.6) is 5.75 Å². The number of nitrogens with zero attached hydrogens (tertiary/aromatic N) is 1. The molecule has 130 valence electrons. The molecule has 0 saturated carbocycles. The first-order chi connectivity index (χ1) is 12.2. The van der Waals surface area contributed by atoms with Crippen molar-refractivity contribution in [3.63, 3.8) is 0 Å². The number of hydrogen-bond acceptors (Lipinski definition) is 6. The average Bonchev–Trinajstić information content (AvgIpc) is 3.26. The molecule has 1 aromatic carbocycles. The van der Waals surface area contributed by atoms with Gasteiger partial charge in [0.05, 0.1) is 30.2 Å². The molecule has 25 heavy (non-hydrogen) atoms. The van der Waals surface area contributed by atoms with Crippen molar-refractivity contribution in [3.05, 3.63) is 59.3 Å². The summed E-state index contributed by atoms with van der Waals surface area (Å²) in [6.45, 7) is 2.63. The first-order valence-electron chi connectivity index (χ1n) is 8.06. The van der Waals surface area contributed by atoms with Crippen LogP contribution in [-0.4, -0.2) is 24.2 Å². The summed E-state index contributed by atoms with van der Waals surface area (Å²) in [5, 5.41) is 1.96. The molecule has 0 amide bonds. The Bertz CT molecular complexity index is 796. The van der Waals surface area contributed by atoms with Crippen molar-refractivity contribution in [1.29, 1.82) is 0 Å². The van der Waals surface area contributed by atoms with Crippen molar-refractivity contribution >= 4 is 17.3 Å². The molecule has 0 spiro atoms. The summed E-state index contributed by atoms with van der Waals surface area (Å²) in [5.74, 6) is 1.70. The number of benzene rings is 1. The topological polar surface area (TPSA) is 61.6 Å². The van der Waals surface area contributed by atoms with Gasteiger partial charge in [0.15, 0.2) is 0 Å². The highest BCUT2D eigenvalue weighted by molar-refractivity contribution is 7.13. The van der Waals surface area contributed by atoms with Crippen molar-refractivity contribution in [3.8, 4) is 16.5 Å². The number of carbonyl (C=O) groups is 1. The van der Waals surface area contributed by atoms with Crippen molar-refractivity contribution in [2.75, 3.05) is 13.2 Å². The normalized spacial score (nSPS) is 10.6. The van der Waals surface area contributed by atoms with Crippen LogP contribution in [0.1, 0.15) is 17.9 Å². The van der Waals surface area contributed by atoms with Crippen LogP contribution in [0.4, 0.5) is 0 Å². The zero-order valence-corrected chi connectivity index (χ0v) is 14.8. The molecule has 0 aliphatic rings. The van der Waals surface area contributed by atoms with Gasteiger partial charge in [-0.3, -0.25) is 4.79 Å². The number of carbonyl (C=O) groups excluding carboxylic acids is 1. The van der Waals surface area contributed by atoms with Gasteiger partial charge < -0.3 is 13.9 Å². The lowest BCUT2D eigenvalue weighted by atomic mass is 10.3. The molecule has 3 aromatic rings. The van der Waals surface area contributed by atoms with E-state index in [-0.39, 0.29) is 12.4 Å². The lowest BCUT2D eigenvalue weighted by Gasteiger charge is -2.06. The number of para-hydroxylation sites is 1.